The summed E-state index contributed by atoms with van der Waals surface area (Å²) < 4.78 is 2.42. The number of para-hydroxylation sites is 2. The third-order valence-corrected chi connectivity index (χ3v) is 9.91. The summed E-state index contributed by atoms with van der Waals surface area (Å²) >= 11 is 0. The van der Waals surface area contributed by atoms with Gasteiger partial charge in [0.05, 0.1) is 11.0 Å². The first-order valence-corrected chi connectivity index (χ1v) is 16.3. The molecule has 8 aromatic carbocycles. The molecule has 1 heteroatoms. The van der Waals surface area contributed by atoms with E-state index in [2.05, 4.69) is 180 Å². The van der Waals surface area contributed by atoms with Gasteiger partial charge in [-0.15, -0.1) is 0 Å². The van der Waals surface area contributed by atoms with E-state index in [4.69, 9.17) is 0 Å². The predicted octanol–water partition coefficient (Wildman–Crippen LogP) is 12.6. The fraction of sp³-hybridized carbons (Fsp3) is 0. The van der Waals surface area contributed by atoms with Gasteiger partial charge in [-0.1, -0.05) is 146 Å². The van der Waals surface area contributed by atoms with Crippen LogP contribution in [0, 0.1) is 0 Å². The average molecular weight is 596 g/mol. The zero-order valence-corrected chi connectivity index (χ0v) is 25.7. The van der Waals surface area contributed by atoms with Gasteiger partial charge in [-0.3, -0.25) is 0 Å². The van der Waals surface area contributed by atoms with E-state index in [1.807, 2.05) is 0 Å². The molecule has 9 aromatic rings. The van der Waals surface area contributed by atoms with Crippen LogP contribution in [0.2, 0.25) is 0 Å². The minimum absolute atomic E-state index is 1.16. The van der Waals surface area contributed by atoms with Crippen molar-refractivity contribution in [3.63, 3.8) is 0 Å². The number of aromatic nitrogens is 1. The molecule has 0 N–H and O–H groups in total. The molecule has 0 spiro atoms. The molecule has 0 atom stereocenters. The number of rotatable bonds is 4. The number of hydrogen-bond acceptors (Lipinski definition) is 0. The average Bonchev–Trinajstić information content (AvgIpc) is 3.66. The van der Waals surface area contributed by atoms with Crippen LogP contribution in [0.25, 0.3) is 93.9 Å². The highest BCUT2D eigenvalue weighted by atomic mass is 15.0. The van der Waals surface area contributed by atoms with E-state index in [0.717, 1.165) is 5.69 Å². The second kappa shape index (κ2) is 10.2. The van der Waals surface area contributed by atoms with Crippen LogP contribution >= 0.6 is 0 Å². The Morgan fingerprint density at radius 1 is 0.319 bits per heavy atom. The van der Waals surface area contributed by atoms with Crippen LogP contribution < -0.4 is 0 Å². The van der Waals surface area contributed by atoms with Crippen LogP contribution in [0.3, 0.4) is 0 Å². The summed E-state index contributed by atoms with van der Waals surface area (Å²) in [5, 5.41) is 5.17. The third-order valence-electron chi connectivity index (χ3n) is 9.91. The first kappa shape index (κ1) is 26.1. The topological polar surface area (TPSA) is 4.93 Å². The molecule has 0 amide bonds. The molecular weight excluding hydrogens is 567 g/mol. The van der Waals surface area contributed by atoms with E-state index in [-0.39, 0.29) is 0 Å². The fourth-order valence-corrected chi connectivity index (χ4v) is 7.98. The van der Waals surface area contributed by atoms with E-state index in [1.54, 1.807) is 0 Å². The van der Waals surface area contributed by atoms with E-state index >= 15 is 0 Å². The predicted molar refractivity (Wildman–Crippen MR) is 199 cm³/mol. The van der Waals surface area contributed by atoms with Crippen molar-refractivity contribution in [1.29, 1.82) is 0 Å². The molecule has 1 aliphatic rings. The van der Waals surface area contributed by atoms with E-state index in [1.165, 1.54) is 88.2 Å². The monoisotopic (exact) mass is 595 g/mol. The number of fused-ring (bicyclic) bond motifs is 6. The standard InChI is InChI=1S/C46H29N/c1-3-14-30(15-4-1)39-29-40(33-20-11-21-34(28-33)47-41-26-9-7-22-35(41)36-23-8-10-27-42(36)47)44(32-16-5-2-6-17-32)46-38-25-13-19-31-18-12-24-37(43(31)38)45(39)46/h1-29H. The second-order valence-electron chi connectivity index (χ2n) is 12.5. The van der Waals surface area contributed by atoms with Crippen molar-refractivity contribution < 1.29 is 0 Å². The number of nitrogens with zero attached hydrogens (tertiary/aromatic N) is 1. The minimum Gasteiger partial charge on any atom is -0.309 e. The van der Waals surface area contributed by atoms with E-state index in [0.29, 0.717) is 0 Å². The van der Waals surface area contributed by atoms with Crippen LogP contribution in [0.1, 0.15) is 0 Å². The highest BCUT2D eigenvalue weighted by molar-refractivity contribution is 6.22. The van der Waals surface area contributed by atoms with Gasteiger partial charge < -0.3 is 4.57 Å². The molecule has 0 saturated carbocycles. The largest absolute Gasteiger partial charge is 0.309 e. The van der Waals surface area contributed by atoms with Gasteiger partial charge in [-0.2, -0.15) is 0 Å². The van der Waals surface area contributed by atoms with Crippen LogP contribution in [-0.4, -0.2) is 4.57 Å². The van der Waals surface area contributed by atoms with Crippen molar-refractivity contribution in [2.75, 3.05) is 0 Å². The summed E-state index contributed by atoms with van der Waals surface area (Å²) in [6.45, 7) is 0. The lowest BCUT2D eigenvalue weighted by molar-refractivity contribution is 1.18. The third kappa shape index (κ3) is 3.84. The lowest BCUT2D eigenvalue weighted by Gasteiger charge is -2.21. The molecule has 1 aliphatic carbocycles. The molecule has 0 bridgehead atoms. The molecule has 218 valence electrons. The highest BCUT2D eigenvalue weighted by Crippen LogP contribution is 2.57. The van der Waals surface area contributed by atoms with Crippen molar-refractivity contribution in [2.45, 2.75) is 0 Å². The SMILES string of the molecule is c1ccc(-c2cc(-c3cccc(-n4c5ccccc5c5ccccc54)c3)c(-c3ccccc3)c3c2-c2cccc4cccc-3c24)cc1. The van der Waals surface area contributed by atoms with Crippen molar-refractivity contribution in [2.24, 2.45) is 0 Å². The number of benzene rings is 8. The van der Waals surface area contributed by atoms with Crippen LogP contribution in [0.15, 0.2) is 176 Å². The molecule has 1 nitrogen and oxygen atoms in total. The van der Waals surface area contributed by atoms with Crippen LogP contribution in [0.5, 0.6) is 0 Å². The van der Waals surface area contributed by atoms with Gasteiger partial charge in [-0.25, -0.2) is 0 Å². The molecule has 10 rings (SSSR count). The Morgan fingerprint density at radius 2 is 0.851 bits per heavy atom. The maximum atomic E-state index is 2.45. The van der Waals surface area contributed by atoms with Gasteiger partial charge in [0.25, 0.3) is 0 Å². The normalized spacial score (nSPS) is 11.8. The van der Waals surface area contributed by atoms with Gasteiger partial charge in [-0.05, 0) is 96.7 Å². The van der Waals surface area contributed by atoms with E-state index in [9.17, 15) is 0 Å². The van der Waals surface area contributed by atoms with E-state index < -0.39 is 0 Å². The van der Waals surface area contributed by atoms with Crippen LogP contribution in [-0.2, 0) is 0 Å². The van der Waals surface area contributed by atoms with Gasteiger partial charge in [0.15, 0.2) is 0 Å². The minimum atomic E-state index is 1.16. The molecule has 1 heterocycles. The van der Waals surface area contributed by atoms with Crippen molar-refractivity contribution in [1.82, 2.24) is 4.57 Å². The lowest BCUT2D eigenvalue weighted by Crippen LogP contribution is -1.97. The Labute approximate surface area is 273 Å². The Bertz CT molecular complexity index is 2600. The van der Waals surface area contributed by atoms with Gasteiger partial charge in [0.1, 0.15) is 0 Å². The molecule has 0 radical (unpaired) electrons. The summed E-state index contributed by atoms with van der Waals surface area (Å²) in [5.41, 5.74) is 16.3. The van der Waals surface area contributed by atoms with Gasteiger partial charge in [0.2, 0.25) is 0 Å². The summed E-state index contributed by atoms with van der Waals surface area (Å²) in [5.74, 6) is 0. The summed E-state index contributed by atoms with van der Waals surface area (Å²) in [4.78, 5) is 0. The van der Waals surface area contributed by atoms with Crippen molar-refractivity contribution in [3.05, 3.63) is 176 Å². The number of hydrogen-bond donors (Lipinski definition) is 0. The molecule has 0 fully saturated rings. The maximum absolute atomic E-state index is 2.45. The van der Waals surface area contributed by atoms with Crippen LogP contribution in [0.4, 0.5) is 0 Å². The Balaban J connectivity index is 1.33. The Kier molecular flexibility index (Phi) is 5.64. The first-order valence-electron chi connectivity index (χ1n) is 16.3. The molecule has 0 saturated heterocycles. The maximum Gasteiger partial charge on any atom is 0.0541 e. The lowest BCUT2D eigenvalue weighted by atomic mass is 9.82. The quantitative estimate of drug-likeness (QED) is 0.191. The molecule has 1 aromatic heterocycles. The first-order chi connectivity index (χ1) is 23.3. The zero-order valence-electron chi connectivity index (χ0n) is 25.7. The Morgan fingerprint density at radius 3 is 1.53 bits per heavy atom. The van der Waals surface area contributed by atoms with Gasteiger partial charge >= 0.3 is 0 Å². The second-order valence-corrected chi connectivity index (χ2v) is 12.5. The molecule has 0 unspecified atom stereocenters. The fourth-order valence-electron chi connectivity index (χ4n) is 7.98. The molecular formula is C46H29N. The summed E-state index contributed by atoms with van der Waals surface area (Å²) in [6, 6.07) is 64.4. The molecule has 0 aliphatic heterocycles. The summed E-state index contributed by atoms with van der Waals surface area (Å²) in [7, 11) is 0. The smallest absolute Gasteiger partial charge is 0.0541 e. The zero-order chi connectivity index (χ0) is 30.9. The van der Waals surface area contributed by atoms with Gasteiger partial charge in [0, 0.05) is 16.5 Å². The van der Waals surface area contributed by atoms with Crippen molar-refractivity contribution in [3.8, 4) is 61.3 Å². The highest BCUT2D eigenvalue weighted by Gasteiger charge is 2.30. The summed E-state index contributed by atoms with van der Waals surface area (Å²) in [6.07, 6.45) is 0. The van der Waals surface area contributed by atoms with Crippen molar-refractivity contribution >= 4 is 32.6 Å². The Hall–Kier alpha value is -6.18. The molecule has 47 heavy (non-hydrogen) atoms.